The van der Waals surface area contributed by atoms with Crippen LogP contribution in [0.1, 0.15) is 79.6 Å². The van der Waals surface area contributed by atoms with Crippen LogP contribution in [-0.4, -0.2) is 18.2 Å². The average molecular weight is 405 g/mol. The van der Waals surface area contributed by atoms with Gasteiger partial charge < -0.3 is 14.3 Å². The summed E-state index contributed by atoms with van der Waals surface area (Å²) in [5.41, 5.74) is 3.42. The van der Waals surface area contributed by atoms with E-state index in [4.69, 9.17) is 9.47 Å². The molecule has 0 saturated heterocycles. The fourth-order valence-electron chi connectivity index (χ4n) is 2.64. The van der Waals surface area contributed by atoms with Gasteiger partial charge in [-0.2, -0.15) is 0 Å². The molecule has 0 aliphatic heterocycles. The van der Waals surface area contributed by atoms with Crippen molar-refractivity contribution in [2.75, 3.05) is 0 Å². The second kappa shape index (κ2) is 16.5. The van der Waals surface area contributed by atoms with E-state index in [1.54, 1.807) is 6.08 Å². The quantitative estimate of drug-likeness (QED) is 0.117. The zero-order chi connectivity index (χ0) is 22.1. The number of hydrogen-bond donors (Lipinski definition) is 0. The van der Waals surface area contributed by atoms with Crippen molar-refractivity contribution in [3.05, 3.63) is 47.5 Å². The van der Waals surface area contributed by atoms with Crippen molar-refractivity contribution in [1.29, 1.82) is 0 Å². The molecule has 0 aromatic heterocycles. The van der Waals surface area contributed by atoms with Crippen LogP contribution in [0.2, 0.25) is 0 Å². The monoisotopic (exact) mass is 404 g/mol. The van der Waals surface area contributed by atoms with E-state index in [9.17, 15) is 14.4 Å². The molecule has 0 aliphatic rings. The molecule has 0 heterocycles. The number of rotatable bonds is 14. The zero-order valence-electron chi connectivity index (χ0n) is 18.5. The Morgan fingerprint density at radius 2 is 1.55 bits per heavy atom. The van der Waals surface area contributed by atoms with Crippen LogP contribution in [0.15, 0.2) is 47.5 Å². The van der Waals surface area contributed by atoms with Gasteiger partial charge in [0, 0.05) is 19.8 Å². The number of esters is 2. The first-order chi connectivity index (χ1) is 13.7. The van der Waals surface area contributed by atoms with E-state index >= 15 is 0 Å². The first kappa shape index (κ1) is 26.6. The maximum atomic E-state index is 11.4. The van der Waals surface area contributed by atoms with Crippen LogP contribution in [0.3, 0.4) is 0 Å². The lowest BCUT2D eigenvalue weighted by Crippen LogP contribution is -2.02. The molecule has 5 heteroatoms. The molecule has 5 nitrogen and oxygen atoms in total. The highest BCUT2D eigenvalue weighted by atomic mass is 16.5. The third-order valence-corrected chi connectivity index (χ3v) is 4.25. The molecule has 0 saturated carbocycles. The van der Waals surface area contributed by atoms with Gasteiger partial charge in [-0.3, -0.25) is 9.59 Å². The number of allylic oxidation sites excluding steroid dienone is 6. The first-order valence-electron chi connectivity index (χ1n) is 10.2. The molecule has 0 fully saturated rings. The summed E-state index contributed by atoms with van der Waals surface area (Å²) in [4.78, 5) is 33.2. The molecular formula is C24H36O5. The Labute approximate surface area is 175 Å². The average Bonchev–Trinajstić information content (AvgIpc) is 2.63. The van der Waals surface area contributed by atoms with Gasteiger partial charge in [-0.1, -0.05) is 23.3 Å². The molecule has 0 aliphatic carbocycles. The minimum Gasteiger partial charge on any atom is -0.435 e. The van der Waals surface area contributed by atoms with Crippen molar-refractivity contribution in [3.8, 4) is 0 Å². The van der Waals surface area contributed by atoms with Crippen LogP contribution in [0.25, 0.3) is 0 Å². The second-order valence-electron chi connectivity index (χ2n) is 7.45. The Morgan fingerprint density at radius 1 is 0.862 bits per heavy atom. The number of aldehydes is 1. The largest absolute Gasteiger partial charge is 0.435 e. The van der Waals surface area contributed by atoms with E-state index in [1.165, 1.54) is 37.5 Å². The Bertz CT molecular complexity index is 634. The van der Waals surface area contributed by atoms with E-state index in [0.717, 1.165) is 50.4 Å². The molecule has 0 bridgehead atoms. The molecule has 0 aromatic carbocycles. The molecule has 0 amide bonds. The third-order valence-electron chi connectivity index (χ3n) is 4.25. The summed E-state index contributed by atoms with van der Waals surface area (Å²) in [6.07, 6.45) is 15.7. The molecule has 29 heavy (non-hydrogen) atoms. The van der Waals surface area contributed by atoms with Crippen LogP contribution >= 0.6 is 0 Å². The fourth-order valence-corrected chi connectivity index (χ4v) is 2.64. The van der Waals surface area contributed by atoms with Gasteiger partial charge in [0.15, 0.2) is 0 Å². The van der Waals surface area contributed by atoms with E-state index in [-0.39, 0.29) is 5.92 Å². The Kier molecular flexibility index (Phi) is 15.1. The van der Waals surface area contributed by atoms with E-state index in [2.05, 4.69) is 32.9 Å². The summed E-state index contributed by atoms with van der Waals surface area (Å²) in [6.45, 7) is 8.98. The molecule has 0 radical (unpaired) electrons. The van der Waals surface area contributed by atoms with Gasteiger partial charge in [0.1, 0.15) is 6.29 Å². The SMILES string of the molecule is CC(=O)OC=CC(=COC(C)=O)CCCC(C=O)CCC=C(C)CCC=C(C)C. The van der Waals surface area contributed by atoms with Gasteiger partial charge >= 0.3 is 11.9 Å². The van der Waals surface area contributed by atoms with Gasteiger partial charge in [-0.25, -0.2) is 0 Å². The fraction of sp³-hybridized carbons (Fsp3) is 0.542. The highest BCUT2D eigenvalue weighted by molar-refractivity contribution is 5.67. The molecule has 1 atom stereocenters. The maximum absolute atomic E-state index is 11.4. The number of carbonyl (C=O) groups excluding carboxylic acids is 3. The van der Waals surface area contributed by atoms with E-state index < -0.39 is 11.9 Å². The summed E-state index contributed by atoms with van der Waals surface area (Å²) in [5.74, 6) is -0.830. The summed E-state index contributed by atoms with van der Waals surface area (Å²) < 4.78 is 9.69. The standard InChI is InChI=1S/C24H36O5/c1-19(2)9-6-10-20(3)11-7-12-23(17-25)13-8-14-24(18-29-22(5)27)15-16-28-21(4)26/h9,11,15-18,23H,6-8,10,12-14H2,1-5H3. The van der Waals surface area contributed by atoms with Gasteiger partial charge in [0.25, 0.3) is 0 Å². The Morgan fingerprint density at radius 3 is 2.14 bits per heavy atom. The highest BCUT2D eigenvalue weighted by Gasteiger charge is 2.07. The first-order valence-corrected chi connectivity index (χ1v) is 10.2. The minimum atomic E-state index is -0.418. The molecule has 0 aromatic rings. The lowest BCUT2D eigenvalue weighted by atomic mass is 9.96. The lowest BCUT2D eigenvalue weighted by molar-refractivity contribution is -0.136. The van der Waals surface area contributed by atoms with Gasteiger partial charge in [-0.15, -0.1) is 0 Å². The van der Waals surface area contributed by atoms with Crippen molar-refractivity contribution in [2.45, 2.75) is 79.6 Å². The highest BCUT2D eigenvalue weighted by Crippen LogP contribution is 2.18. The predicted molar refractivity (Wildman–Crippen MR) is 116 cm³/mol. The zero-order valence-corrected chi connectivity index (χ0v) is 18.5. The van der Waals surface area contributed by atoms with Crippen molar-refractivity contribution >= 4 is 18.2 Å². The van der Waals surface area contributed by atoms with Crippen molar-refractivity contribution in [1.82, 2.24) is 0 Å². The third kappa shape index (κ3) is 17.4. The normalized spacial score (nSPS) is 13.1. The number of carbonyl (C=O) groups is 3. The maximum Gasteiger partial charge on any atom is 0.307 e. The van der Waals surface area contributed by atoms with Gasteiger partial charge in [-0.05, 0) is 77.4 Å². The minimum absolute atomic E-state index is 0.00394. The van der Waals surface area contributed by atoms with E-state index in [0.29, 0.717) is 6.42 Å². The summed E-state index contributed by atoms with van der Waals surface area (Å²) in [7, 11) is 0. The molecular weight excluding hydrogens is 368 g/mol. The molecule has 1 unspecified atom stereocenters. The summed E-state index contributed by atoms with van der Waals surface area (Å²) in [6, 6.07) is 0. The molecule has 162 valence electrons. The van der Waals surface area contributed by atoms with Crippen LogP contribution < -0.4 is 0 Å². The molecule has 0 rings (SSSR count). The molecule has 0 N–H and O–H groups in total. The second-order valence-corrected chi connectivity index (χ2v) is 7.45. The van der Waals surface area contributed by atoms with Gasteiger partial charge in [0.05, 0.1) is 12.5 Å². The number of ether oxygens (including phenoxy) is 2. The lowest BCUT2D eigenvalue weighted by Gasteiger charge is -2.09. The van der Waals surface area contributed by atoms with Crippen molar-refractivity contribution < 1.29 is 23.9 Å². The summed E-state index contributed by atoms with van der Waals surface area (Å²) >= 11 is 0. The van der Waals surface area contributed by atoms with Crippen LogP contribution in [0.4, 0.5) is 0 Å². The predicted octanol–water partition coefficient (Wildman–Crippen LogP) is 5.97. The topological polar surface area (TPSA) is 69.7 Å². The molecule has 0 spiro atoms. The Balaban J connectivity index is 4.46. The van der Waals surface area contributed by atoms with E-state index in [1.807, 2.05) is 0 Å². The van der Waals surface area contributed by atoms with Crippen molar-refractivity contribution in [3.63, 3.8) is 0 Å². The summed E-state index contributed by atoms with van der Waals surface area (Å²) in [5, 5.41) is 0. The smallest absolute Gasteiger partial charge is 0.307 e. The van der Waals surface area contributed by atoms with Crippen LogP contribution in [0, 0.1) is 5.92 Å². The Hall–Kier alpha value is -2.43. The van der Waals surface area contributed by atoms with Crippen LogP contribution in [-0.2, 0) is 23.9 Å². The number of hydrogen-bond acceptors (Lipinski definition) is 5. The van der Waals surface area contributed by atoms with Crippen LogP contribution in [0.5, 0.6) is 0 Å². The van der Waals surface area contributed by atoms with Gasteiger partial charge in [0.2, 0.25) is 0 Å². The van der Waals surface area contributed by atoms with Crippen molar-refractivity contribution in [2.24, 2.45) is 5.92 Å².